The van der Waals surface area contributed by atoms with Crippen LogP contribution in [0.25, 0.3) is 0 Å². The van der Waals surface area contributed by atoms with E-state index in [0.29, 0.717) is 13.2 Å². The van der Waals surface area contributed by atoms with Crippen LogP contribution in [-0.4, -0.2) is 47.6 Å². The summed E-state index contributed by atoms with van der Waals surface area (Å²) in [6.45, 7) is 12.3. The maximum absolute atomic E-state index is 12.6. The molecule has 1 fully saturated rings. The highest BCUT2D eigenvalue weighted by Gasteiger charge is 2.47. The van der Waals surface area contributed by atoms with Crippen molar-refractivity contribution in [2.24, 2.45) is 5.92 Å². The van der Waals surface area contributed by atoms with Gasteiger partial charge in [0.2, 0.25) is 11.8 Å². The van der Waals surface area contributed by atoms with Crippen molar-refractivity contribution in [3.8, 4) is 0 Å². The van der Waals surface area contributed by atoms with E-state index in [-0.39, 0.29) is 23.8 Å². The van der Waals surface area contributed by atoms with Crippen molar-refractivity contribution in [2.45, 2.75) is 59.2 Å². The minimum absolute atomic E-state index is 0.0435. The molecule has 2 unspecified atom stereocenters. The van der Waals surface area contributed by atoms with Gasteiger partial charge in [0.15, 0.2) is 0 Å². The Labute approximate surface area is 115 Å². The molecule has 0 aromatic carbocycles. The molecule has 1 saturated heterocycles. The minimum Gasteiger partial charge on any atom is -0.380 e. The summed E-state index contributed by atoms with van der Waals surface area (Å²) in [6, 6.07) is -0.527. The zero-order chi connectivity index (χ0) is 14.8. The summed E-state index contributed by atoms with van der Waals surface area (Å²) in [7, 11) is 0. The summed E-state index contributed by atoms with van der Waals surface area (Å²) in [5, 5.41) is 2.81. The Hall–Kier alpha value is -1.10. The second-order valence-electron chi connectivity index (χ2n) is 6.02. The molecule has 0 aromatic heterocycles. The van der Waals surface area contributed by atoms with Crippen LogP contribution in [0, 0.1) is 5.92 Å². The van der Waals surface area contributed by atoms with Crippen LogP contribution in [0.3, 0.4) is 0 Å². The lowest BCUT2D eigenvalue weighted by molar-refractivity contribution is -0.159. The van der Waals surface area contributed by atoms with Gasteiger partial charge < -0.3 is 15.0 Å². The molecule has 1 N–H and O–H groups in total. The van der Waals surface area contributed by atoms with Crippen LogP contribution in [0.2, 0.25) is 0 Å². The number of nitrogens with one attached hydrogen (secondary N) is 1. The third-order valence-electron chi connectivity index (χ3n) is 3.44. The quantitative estimate of drug-likeness (QED) is 0.816. The van der Waals surface area contributed by atoms with Crippen molar-refractivity contribution in [3.63, 3.8) is 0 Å². The number of nitrogens with zero attached hydrogens (tertiary/aromatic N) is 1. The number of hydrogen-bond donors (Lipinski definition) is 1. The lowest BCUT2D eigenvalue weighted by atomic mass is 9.90. The Morgan fingerprint density at radius 1 is 1.32 bits per heavy atom. The molecular formula is C14H26N2O3. The fourth-order valence-corrected chi connectivity index (χ4v) is 2.48. The number of carbonyl (C=O) groups excluding carboxylic acids is 2. The van der Waals surface area contributed by atoms with Gasteiger partial charge in [-0.3, -0.25) is 9.59 Å². The maximum Gasteiger partial charge on any atom is 0.248 e. The normalized spacial score (nSPS) is 24.6. The molecule has 2 atom stereocenters. The number of hydrogen-bond acceptors (Lipinski definition) is 3. The fraction of sp³-hybridized carbons (Fsp3) is 0.857. The van der Waals surface area contributed by atoms with Crippen molar-refractivity contribution in [3.05, 3.63) is 0 Å². The van der Waals surface area contributed by atoms with Crippen LogP contribution in [0.4, 0.5) is 0 Å². The average Bonchev–Trinajstić information content (AvgIpc) is 2.29. The highest BCUT2D eigenvalue weighted by atomic mass is 16.5. The number of ether oxygens (including phenoxy) is 1. The second-order valence-corrected chi connectivity index (χ2v) is 6.02. The topological polar surface area (TPSA) is 58.6 Å². The summed E-state index contributed by atoms with van der Waals surface area (Å²) < 4.78 is 5.40. The highest BCUT2D eigenvalue weighted by molar-refractivity contribution is 5.99. The Kier molecular flexibility index (Phi) is 4.96. The molecular weight excluding hydrogens is 244 g/mol. The SMILES string of the molecule is CCOCC(C)N1C(=O)C(C)(C)NC(=O)C1C(C)C. The van der Waals surface area contributed by atoms with Crippen molar-refractivity contribution in [1.29, 1.82) is 0 Å². The van der Waals surface area contributed by atoms with Gasteiger partial charge in [0, 0.05) is 6.61 Å². The van der Waals surface area contributed by atoms with Crippen LogP contribution in [0.15, 0.2) is 0 Å². The zero-order valence-corrected chi connectivity index (χ0v) is 12.8. The van der Waals surface area contributed by atoms with E-state index >= 15 is 0 Å². The standard InChI is InChI=1S/C14H26N2O3/c1-7-19-8-10(4)16-11(9(2)3)12(17)15-14(5,6)13(16)18/h9-11H,7-8H2,1-6H3,(H,15,17). The van der Waals surface area contributed by atoms with Gasteiger partial charge >= 0.3 is 0 Å². The van der Waals surface area contributed by atoms with E-state index in [0.717, 1.165) is 0 Å². The number of piperazine rings is 1. The molecule has 0 aromatic rings. The smallest absolute Gasteiger partial charge is 0.248 e. The Bertz CT molecular complexity index is 353. The van der Waals surface area contributed by atoms with E-state index in [2.05, 4.69) is 5.32 Å². The first-order valence-electron chi connectivity index (χ1n) is 6.95. The summed E-state index contributed by atoms with van der Waals surface area (Å²) in [6.07, 6.45) is 0. The zero-order valence-electron chi connectivity index (χ0n) is 12.8. The monoisotopic (exact) mass is 270 g/mol. The Balaban J connectivity index is 3.02. The van der Waals surface area contributed by atoms with E-state index in [1.54, 1.807) is 18.7 Å². The maximum atomic E-state index is 12.6. The first-order valence-corrected chi connectivity index (χ1v) is 6.95. The molecule has 1 aliphatic heterocycles. The summed E-state index contributed by atoms with van der Waals surface area (Å²) in [5.41, 5.74) is -0.844. The molecule has 0 bridgehead atoms. The van der Waals surface area contributed by atoms with Crippen LogP contribution in [-0.2, 0) is 14.3 Å². The lowest BCUT2D eigenvalue weighted by Crippen LogP contribution is -2.71. The Morgan fingerprint density at radius 2 is 1.89 bits per heavy atom. The van der Waals surface area contributed by atoms with Gasteiger partial charge in [0.25, 0.3) is 0 Å². The van der Waals surface area contributed by atoms with Gasteiger partial charge in [0.05, 0.1) is 12.6 Å². The molecule has 5 heteroatoms. The van der Waals surface area contributed by atoms with E-state index in [1.165, 1.54) is 0 Å². The van der Waals surface area contributed by atoms with Crippen molar-refractivity contribution in [2.75, 3.05) is 13.2 Å². The number of carbonyl (C=O) groups is 2. The van der Waals surface area contributed by atoms with E-state index in [1.807, 2.05) is 27.7 Å². The molecule has 0 aliphatic carbocycles. The largest absolute Gasteiger partial charge is 0.380 e. The average molecular weight is 270 g/mol. The van der Waals surface area contributed by atoms with Crippen LogP contribution in [0.1, 0.15) is 41.5 Å². The predicted octanol–water partition coefficient (Wildman–Crippen LogP) is 1.17. The molecule has 0 spiro atoms. The van der Waals surface area contributed by atoms with E-state index < -0.39 is 11.6 Å². The highest BCUT2D eigenvalue weighted by Crippen LogP contribution is 2.25. The van der Waals surface area contributed by atoms with Crippen LogP contribution < -0.4 is 5.32 Å². The molecule has 1 aliphatic rings. The van der Waals surface area contributed by atoms with E-state index in [4.69, 9.17) is 4.74 Å². The van der Waals surface area contributed by atoms with Gasteiger partial charge in [-0.1, -0.05) is 13.8 Å². The predicted molar refractivity (Wildman–Crippen MR) is 73.6 cm³/mol. The van der Waals surface area contributed by atoms with Gasteiger partial charge in [-0.05, 0) is 33.6 Å². The van der Waals surface area contributed by atoms with Crippen molar-refractivity contribution in [1.82, 2.24) is 10.2 Å². The van der Waals surface area contributed by atoms with Crippen LogP contribution in [0.5, 0.6) is 0 Å². The number of rotatable bonds is 5. The van der Waals surface area contributed by atoms with Crippen molar-refractivity contribution >= 4 is 11.8 Å². The summed E-state index contributed by atoms with van der Waals surface area (Å²) in [4.78, 5) is 26.5. The molecule has 5 nitrogen and oxygen atoms in total. The van der Waals surface area contributed by atoms with Crippen LogP contribution >= 0.6 is 0 Å². The van der Waals surface area contributed by atoms with Gasteiger partial charge in [-0.15, -0.1) is 0 Å². The summed E-state index contributed by atoms with van der Waals surface area (Å²) in [5.74, 6) is -0.0509. The molecule has 0 radical (unpaired) electrons. The second kappa shape index (κ2) is 5.90. The molecule has 0 saturated carbocycles. The van der Waals surface area contributed by atoms with Gasteiger partial charge in [-0.25, -0.2) is 0 Å². The lowest BCUT2D eigenvalue weighted by Gasteiger charge is -2.47. The molecule has 2 amide bonds. The molecule has 1 rings (SSSR count). The van der Waals surface area contributed by atoms with E-state index in [9.17, 15) is 9.59 Å². The Morgan fingerprint density at radius 3 is 2.37 bits per heavy atom. The summed E-state index contributed by atoms with van der Waals surface area (Å²) >= 11 is 0. The van der Waals surface area contributed by atoms with Gasteiger partial charge in [0.1, 0.15) is 11.6 Å². The van der Waals surface area contributed by atoms with Crippen molar-refractivity contribution < 1.29 is 14.3 Å². The third-order valence-corrected chi connectivity index (χ3v) is 3.44. The fourth-order valence-electron chi connectivity index (χ4n) is 2.48. The molecule has 1 heterocycles. The molecule has 110 valence electrons. The first-order chi connectivity index (χ1) is 8.72. The number of amides is 2. The first kappa shape index (κ1) is 16.0. The third kappa shape index (κ3) is 3.26. The minimum atomic E-state index is -0.844. The van der Waals surface area contributed by atoms with Gasteiger partial charge in [-0.2, -0.15) is 0 Å². The molecule has 19 heavy (non-hydrogen) atoms.